The Kier molecular flexibility index (Phi) is 6.11. The second kappa shape index (κ2) is 7.85. The van der Waals surface area contributed by atoms with Gasteiger partial charge >= 0.3 is 5.97 Å². The average Bonchev–Trinajstić information content (AvgIpc) is 2.44. The van der Waals surface area contributed by atoms with Crippen molar-refractivity contribution in [2.24, 2.45) is 4.99 Å². The number of carbonyl (C=O) groups excluding carboxylic acids is 1. The summed E-state index contributed by atoms with van der Waals surface area (Å²) in [7, 11) is 0. The van der Waals surface area contributed by atoms with E-state index < -0.39 is 10.9 Å². The molecule has 0 aliphatic carbocycles. The Morgan fingerprint density at radius 1 is 1.50 bits per heavy atom. The van der Waals surface area contributed by atoms with E-state index in [0.29, 0.717) is 0 Å². The molecule has 0 spiro atoms. The number of benzene rings is 1. The number of nitrogens with zero attached hydrogens (tertiary/aromatic N) is 2. The van der Waals surface area contributed by atoms with Gasteiger partial charge in [0.25, 0.3) is 5.69 Å². The monoisotopic (exact) mass is 281 g/mol. The molecule has 1 aromatic carbocycles. The van der Waals surface area contributed by atoms with E-state index in [2.05, 4.69) is 4.99 Å². The number of hydrogen-bond donors (Lipinski definition) is 2. The van der Waals surface area contributed by atoms with Crippen LogP contribution in [0.15, 0.2) is 29.3 Å². The van der Waals surface area contributed by atoms with Crippen LogP contribution >= 0.6 is 0 Å². The molecule has 1 aromatic rings. The van der Waals surface area contributed by atoms with E-state index in [1.165, 1.54) is 18.2 Å². The number of nitro benzene ring substituents is 1. The fraction of sp³-hybridized carbons (Fsp3) is 0.333. The van der Waals surface area contributed by atoms with Crippen LogP contribution < -0.4 is 5.48 Å². The molecule has 8 heteroatoms. The Morgan fingerprint density at radius 3 is 2.80 bits per heavy atom. The Hall–Kier alpha value is -2.48. The quantitative estimate of drug-likeness (QED) is 0.267. The van der Waals surface area contributed by atoms with Crippen LogP contribution in [0.1, 0.15) is 18.9 Å². The van der Waals surface area contributed by atoms with Gasteiger partial charge in [-0.2, -0.15) is 0 Å². The molecule has 0 aliphatic rings. The molecule has 0 bridgehead atoms. The van der Waals surface area contributed by atoms with Crippen molar-refractivity contribution in [3.8, 4) is 0 Å². The Bertz CT molecular complexity index is 516. The molecular formula is C12H15N3O5. The summed E-state index contributed by atoms with van der Waals surface area (Å²) >= 11 is 0. The van der Waals surface area contributed by atoms with Gasteiger partial charge in [-0.1, -0.05) is 12.1 Å². The molecule has 0 fully saturated rings. The summed E-state index contributed by atoms with van der Waals surface area (Å²) in [6, 6.07) is 5.84. The number of aliphatic imine (C=N–C) groups is 1. The molecule has 8 nitrogen and oxygen atoms in total. The van der Waals surface area contributed by atoms with Crippen LogP contribution in [0.25, 0.3) is 0 Å². The number of nitro groups is 1. The highest BCUT2D eigenvalue weighted by molar-refractivity contribution is 6.01. The van der Waals surface area contributed by atoms with Crippen LogP contribution in [0.2, 0.25) is 0 Å². The third-order valence-electron chi connectivity index (χ3n) is 2.35. The number of ether oxygens (including phenoxy) is 1. The predicted octanol–water partition coefficient (Wildman–Crippen LogP) is 1.27. The number of nitrogens with one attached hydrogen (secondary N) is 1. The lowest BCUT2D eigenvalue weighted by Crippen LogP contribution is -2.22. The van der Waals surface area contributed by atoms with Gasteiger partial charge in [0, 0.05) is 6.07 Å². The zero-order valence-electron chi connectivity index (χ0n) is 10.9. The molecule has 2 N–H and O–H groups in total. The molecule has 20 heavy (non-hydrogen) atoms. The first kappa shape index (κ1) is 15.6. The first-order chi connectivity index (χ1) is 9.60. The molecule has 0 radical (unpaired) electrons. The van der Waals surface area contributed by atoms with Crippen molar-refractivity contribution in [2.75, 3.05) is 13.2 Å². The number of rotatable bonds is 6. The minimum absolute atomic E-state index is 0.0274. The third kappa shape index (κ3) is 4.32. The molecule has 0 aromatic heterocycles. The number of hydrogen-bond acceptors (Lipinski definition) is 6. The highest BCUT2D eigenvalue weighted by Crippen LogP contribution is 2.17. The summed E-state index contributed by atoms with van der Waals surface area (Å²) in [6.45, 7) is 2.01. The zero-order valence-corrected chi connectivity index (χ0v) is 10.9. The molecule has 0 aliphatic heterocycles. The van der Waals surface area contributed by atoms with Crippen LogP contribution in [0.5, 0.6) is 0 Å². The Labute approximate surface area is 115 Å². The van der Waals surface area contributed by atoms with Crippen molar-refractivity contribution in [3.05, 3.63) is 39.9 Å². The molecule has 0 saturated heterocycles. The summed E-state index contributed by atoms with van der Waals surface area (Å²) in [5.74, 6) is -0.488. The third-order valence-corrected chi connectivity index (χ3v) is 2.35. The molecule has 1 rings (SSSR count). The number of para-hydroxylation sites is 1. The fourth-order valence-corrected chi connectivity index (χ4v) is 1.51. The number of amidine groups is 1. The lowest BCUT2D eigenvalue weighted by Gasteiger charge is -2.06. The van der Waals surface area contributed by atoms with Crippen LogP contribution in [0.3, 0.4) is 0 Å². The molecule has 0 amide bonds. The van der Waals surface area contributed by atoms with Crippen molar-refractivity contribution in [1.82, 2.24) is 5.48 Å². The van der Waals surface area contributed by atoms with Gasteiger partial charge in [0.2, 0.25) is 0 Å². The smallest absolute Gasteiger partial charge is 0.307 e. The average molecular weight is 281 g/mol. The maximum Gasteiger partial charge on any atom is 0.307 e. The molecule has 0 heterocycles. The van der Waals surface area contributed by atoms with E-state index in [0.717, 1.165) is 0 Å². The fourth-order valence-electron chi connectivity index (χ4n) is 1.51. The summed E-state index contributed by atoms with van der Waals surface area (Å²) in [4.78, 5) is 25.4. The van der Waals surface area contributed by atoms with E-state index in [1.807, 2.05) is 5.48 Å². The van der Waals surface area contributed by atoms with Crippen molar-refractivity contribution >= 4 is 17.5 Å². The van der Waals surface area contributed by atoms with Gasteiger partial charge < -0.3 is 4.74 Å². The standard InChI is InChI=1S/C12H15N3O5/c1-2-20-11(16)7-8-13-12(14-17)9-5-3-4-6-10(9)15(18)19/h3-6,17H,2,7-8H2,1H3,(H,13,14). The normalized spacial score (nSPS) is 11.0. The molecule has 108 valence electrons. The van der Waals surface area contributed by atoms with Gasteiger partial charge in [-0.3, -0.25) is 30.6 Å². The van der Waals surface area contributed by atoms with Crippen LogP contribution in [0, 0.1) is 10.1 Å². The number of hydroxylamine groups is 1. The highest BCUT2D eigenvalue weighted by Gasteiger charge is 2.17. The van der Waals surface area contributed by atoms with E-state index in [1.54, 1.807) is 13.0 Å². The molecule has 0 atom stereocenters. The van der Waals surface area contributed by atoms with Gasteiger partial charge in [-0.25, -0.2) is 0 Å². The number of carbonyl (C=O) groups is 1. The topological polar surface area (TPSA) is 114 Å². The molecule has 0 saturated carbocycles. The van der Waals surface area contributed by atoms with Gasteiger partial charge in [-0.15, -0.1) is 0 Å². The van der Waals surface area contributed by atoms with Crippen molar-refractivity contribution in [2.45, 2.75) is 13.3 Å². The lowest BCUT2D eigenvalue weighted by atomic mass is 10.1. The molecule has 0 unspecified atom stereocenters. The summed E-state index contributed by atoms with van der Waals surface area (Å²) in [5.41, 5.74) is 1.76. The summed E-state index contributed by atoms with van der Waals surface area (Å²) < 4.78 is 4.73. The van der Waals surface area contributed by atoms with Gasteiger partial charge in [-0.05, 0) is 13.0 Å². The Morgan fingerprint density at radius 2 is 2.20 bits per heavy atom. The largest absolute Gasteiger partial charge is 0.466 e. The predicted molar refractivity (Wildman–Crippen MR) is 70.7 cm³/mol. The summed E-state index contributed by atoms with van der Waals surface area (Å²) in [6.07, 6.45) is 0.0274. The zero-order chi connectivity index (χ0) is 15.0. The van der Waals surface area contributed by atoms with Crippen molar-refractivity contribution < 1.29 is 19.7 Å². The van der Waals surface area contributed by atoms with Gasteiger partial charge in [0.05, 0.1) is 30.1 Å². The first-order valence-electron chi connectivity index (χ1n) is 5.94. The minimum Gasteiger partial charge on any atom is -0.466 e. The molecular weight excluding hydrogens is 266 g/mol. The Balaban J connectivity index is 2.85. The van der Waals surface area contributed by atoms with E-state index in [4.69, 9.17) is 9.94 Å². The van der Waals surface area contributed by atoms with Crippen molar-refractivity contribution in [1.29, 1.82) is 0 Å². The van der Waals surface area contributed by atoms with Gasteiger partial charge in [0.1, 0.15) is 0 Å². The van der Waals surface area contributed by atoms with Crippen LogP contribution in [-0.2, 0) is 9.53 Å². The van der Waals surface area contributed by atoms with E-state index in [9.17, 15) is 14.9 Å². The first-order valence-corrected chi connectivity index (χ1v) is 5.94. The lowest BCUT2D eigenvalue weighted by molar-refractivity contribution is -0.385. The minimum atomic E-state index is -0.576. The maximum atomic E-state index is 11.1. The van der Waals surface area contributed by atoms with Crippen molar-refractivity contribution in [3.63, 3.8) is 0 Å². The van der Waals surface area contributed by atoms with E-state index in [-0.39, 0.29) is 36.7 Å². The van der Waals surface area contributed by atoms with Gasteiger partial charge in [0.15, 0.2) is 5.84 Å². The second-order valence-corrected chi connectivity index (χ2v) is 3.67. The summed E-state index contributed by atoms with van der Waals surface area (Å²) in [5, 5.41) is 19.9. The highest BCUT2D eigenvalue weighted by atomic mass is 16.6. The maximum absolute atomic E-state index is 11.1. The SMILES string of the molecule is CCOC(=O)CCN=C(NO)c1ccccc1[N+](=O)[O-]. The second-order valence-electron chi connectivity index (χ2n) is 3.67. The number of esters is 1. The van der Waals surface area contributed by atoms with Crippen LogP contribution in [0.4, 0.5) is 5.69 Å². The van der Waals surface area contributed by atoms with E-state index >= 15 is 0 Å². The van der Waals surface area contributed by atoms with Crippen LogP contribution in [-0.4, -0.2) is 35.1 Å².